The zero-order valence-electron chi connectivity index (χ0n) is 11.2. The minimum absolute atomic E-state index is 0.0516. The first-order valence-electron chi connectivity index (χ1n) is 6.17. The van der Waals surface area contributed by atoms with E-state index in [4.69, 9.17) is 0 Å². The monoisotopic (exact) mass is 242 g/mol. The highest BCUT2D eigenvalue weighted by atomic mass is 16.1. The van der Waals surface area contributed by atoms with E-state index >= 15 is 0 Å². The van der Waals surface area contributed by atoms with Crippen LogP contribution in [0, 0.1) is 13.8 Å². The molecule has 0 unspecified atom stereocenters. The summed E-state index contributed by atoms with van der Waals surface area (Å²) in [6.07, 6.45) is 0. The van der Waals surface area contributed by atoms with Crippen LogP contribution in [0.25, 0.3) is 11.3 Å². The lowest BCUT2D eigenvalue weighted by atomic mass is 10.1. The molecule has 0 radical (unpaired) electrons. The Hall–Kier alpha value is -1.90. The molecule has 0 bridgehead atoms. The van der Waals surface area contributed by atoms with E-state index in [1.807, 2.05) is 52.0 Å². The van der Waals surface area contributed by atoms with E-state index in [2.05, 4.69) is 9.97 Å². The van der Waals surface area contributed by atoms with Crippen LogP contribution in [0.5, 0.6) is 0 Å². The molecule has 0 spiro atoms. The number of benzene rings is 1. The molecule has 1 heterocycles. The number of rotatable bonds is 2. The third-order valence-corrected chi connectivity index (χ3v) is 3.04. The second-order valence-electron chi connectivity index (χ2n) is 4.95. The van der Waals surface area contributed by atoms with E-state index in [9.17, 15) is 4.79 Å². The maximum absolute atomic E-state index is 11.9. The fourth-order valence-corrected chi connectivity index (χ4v) is 1.82. The quantitative estimate of drug-likeness (QED) is 0.879. The van der Waals surface area contributed by atoms with Crippen molar-refractivity contribution in [3.63, 3.8) is 0 Å². The van der Waals surface area contributed by atoms with Gasteiger partial charge in [-0.15, -0.1) is 0 Å². The van der Waals surface area contributed by atoms with Gasteiger partial charge in [-0.1, -0.05) is 43.7 Å². The van der Waals surface area contributed by atoms with E-state index in [-0.39, 0.29) is 11.5 Å². The summed E-state index contributed by atoms with van der Waals surface area (Å²) in [6.45, 7) is 7.89. The van der Waals surface area contributed by atoms with Crippen molar-refractivity contribution in [3.8, 4) is 11.3 Å². The van der Waals surface area contributed by atoms with Crippen molar-refractivity contribution in [1.82, 2.24) is 9.97 Å². The smallest absolute Gasteiger partial charge is 0.254 e. The van der Waals surface area contributed by atoms with Crippen molar-refractivity contribution in [2.75, 3.05) is 0 Å². The molecule has 0 atom stereocenters. The summed E-state index contributed by atoms with van der Waals surface area (Å²) in [7, 11) is 0. The molecule has 1 aromatic heterocycles. The Morgan fingerprint density at radius 3 is 2.28 bits per heavy atom. The van der Waals surface area contributed by atoms with Gasteiger partial charge in [0.25, 0.3) is 5.56 Å². The number of hydrogen-bond acceptors (Lipinski definition) is 2. The molecule has 94 valence electrons. The predicted octanol–water partition coefficient (Wildman–Crippen LogP) is 3.18. The normalized spacial score (nSPS) is 10.9. The Bertz CT molecular complexity index is 609. The molecular formula is C15H18N2O. The Kier molecular flexibility index (Phi) is 3.32. The van der Waals surface area contributed by atoms with E-state index < -0.39 is 0 Å². The largest absolute Gasteiger partial charge is 0.310 e. The minimum atomic E-state index is -0.0516. The number of hydrogen-bond donors (Lipinski definition) is 1. The second kappa shape index (κ2) is 4.77. The Balaban J connectivity index is 2.63. The number of aromatic amines is 1. The van der Waals surface area contributed by atoms with Crippen LogP contribution in [-0.2, 0) is 0 Å². The summed E-state index contributed by atoms with van der Waals surface area (Å²) in [5.74, 6) is 0.948. The molecule has 0 amide bonds. The van der Waals surface area contributed by atoms with Gasteiger partial charge in [-0.25, -0.2) is 4.98 Å². The molecule has 1 N–H and O–H groups in total. The van der Waals surface area contributed by atoms with Gasteiger partial charge in [0.05, 0.1) is 5.69 Å². The number of aryl methyl sites for hydroxylation is 1. The summed E-state index contributed by atoms with van der Waals surface area (Å²) in [5.41, 5.74) is 3.59. The summed E-state index contributed by atoms with van der Waals surface area (Å²) in [6, 6.07) is 8.09. The van der Waals surface area contributed by atoms with Crippen molar-refractivity contribution < 1.29 is 0 Å². The standard InChI is InChI=1S/C15H18N2O/c1-9(2)14-16-13(11(4)15(18)17-14)12-7-5-10(3)6-8-12/h5-9H,1-4H3,(H,16,17,18). The average molecular weight is 242 g/mol. The predicted molar refractivity (Wildman–Crippen MR) is 73.9 cm³/mol. The minimum Gasteiger partial charge on any atom is -0.310 e. The number of aromatic nitrogens is 2. The maximum atomic E-state index is 11.9. The van der Waals surface area contributed by atoms with Crippen molar-refractivity contribution in [2.45, 2.75) is 33.6 Å². The summed E-state index contributed by atoms with van der Waals surface area (Å²) >= 11 is 0. The number of H-pyrrole nitrogens is 1. The Morgan fingerprint density at radius 1 is 1.11 bits per heavy atom. The van der Waals surface area contributed by atoms with Crippen LogP contribution in [0.4, 0.5) is 0 Å². The molecule has 0 saturated carbocycles. The van der Waals surface area contributed by atoms with Crippen molar-refractivity contribution in [2.24, 2.45) is 0 Å². The van der Waals surface area contributed by atoms with Crippen LogP contribution in [0.15, 0.2) is 29.1 Å². The van der Waals surface area contributed by atoms with Gasteiger partial charge in [-0.05, 0) is 13.8 Å². The van der Waals surface area contributed by atoms with Crippen molar-refractivity contribution in [3.05, 3.63) is 51.6 Å². The number of nitrogens with zero attached hydrogens (tertiary/aromatic N) is 1. The fourth-order valence-electron chi connectivity index (χ4n) is 1.82. The summed E-state index contributed by atoms with van der Waals surface area (Å²) < 4.78 is 0. The molecule has 0 saturated heterocycles. The molecule has 2 aromatic rings. The van der Waals surface area contributed by atoms with Gasteiger partial charge in [0, 0.05) is 17.0 Å². The van der Waals surface area contributed by atoms with Crippen LogP contribution in [0.2, 0.25) is 0 Å². The third kappa shape index (κ3) is 2.35. The first kappa shape index (κ1) is 12.6. The molecule has 0 aliphatic rings. The van der Waals surface area contributed by atoms with Gasteiger partial charge in [-0.3, -0.25) is 4.79 Å². The summed E-state index contributed by atoms with van der Waals surface area (Å²) in [5, 5.41) is 0. The van der Waals surface area contributed by atoms with Crippen LogP contribution in [0.1, 0.15) is 36.7 Å². The Labute approximate surface area is 107 Å². The van der Waals surface area contributed by atoms with E-state index in [1.165, 1.54) is 5.56 Å². The molecule has 3 nitrogen and oxygen atoms in total. The molecular weight excluding hydrogens is 224 g/mol. The maximum Gasteiger partial charge on any atom is 0.254 e. The zero-order chi connectivity index (χ0) is 13.3. The van der Waals surface area contributed by atoms with E-state index in [0.29, 0.717) is 5.56 Å². The van der Waals surface area contributed by atoms with Gasteiger partial charge < -0.3 is 4.98 Å². The van der Waals surface area contributed by atoms with Gasteiger partial charge >= 0.3 is 0 Å². The Morgan fingerprint density at radius 2 is 1.72 bits per heavy atom. The highest BCUT2D eigenvalue weighted by molar-refractivity contribution is 5.62. The van der Waals surface area contributed by atoms with Crippen LogP contribution in [-0.4, -0.2) is 9.97 Å². The molecule has 2 rings (SSSR count). The van der Waals surface area contributed by atoms with Crippen molar-refractivity contribution >= 4 is 0 Å². The van der Waals surface area contributed by atoms with Crippen molar-refractivity contribution in [1.29, 1.82) is 0 Å². The first-order chi connectivity index (χ1) is 8.49. The van der Waals surface area contributed by atoms with E-state index in [1.54, 1.807) is 0 Å². The van der Waals surface area contributed by atoms with Gasteiger partial charge in [0.2, 0.25) is 0 Å². The lowest BCUT2D eigenvalue weighted by Crippen LogP contribution is -2.16. The van der Waals surface area contributed by atoms with Crippen LogP contribution >= 0.6 is 0 Å². The molecule has 18 heavy (non-hydrogen) atoms. The van der Waals surface area contributed by atoms with Crippen LogP contribution < -0.4 is 5.56 Å². The second-order valence-corrected chi connectivity index (χ2v) is 4.95. The molecule has 0 aliphatic carbocycles. The zero-order valence-corrected chi connectivity index (χ0v) is 11.2. The van der Waals surface area contributed by atoms with Gasteiger partial charge in [0.1, 0.15) is 5.82 Å². The topological polar surface area (TPSA) is 45.8 Å². The molecule has 0 aliphatic heterocycles. The molecule has 0 fully saturated rings. The lowest BCUT2D eigenvalue weighted by Gasteiger charge is -2.10. The average Bonchev–Trinajstić information content (AvgIpc) is 2.33. The SMILES string of the molecule is Cc1ccc(-c2nc(C(C)C)[nH]c(=O)c2C)cc1. The van der Waals surface area contributed by atoms with E-state index in [0.717, 1.165) is 17.1 Å². The van der Waals surface area contributed by atoms with Crippen LogP contribution in [0.3, 0.4) is 0 Å². The highest BCUT2D eigenvalue weighted by Crippen LogP contribution is 2.20. The lowest BCUT2D eigenvalue weighted by molar-refractivity contribution is 0.765. The first-order valence-corrected chi connectivity index (χ1v) is 6.17. The molecule has 1 aromatic carbocycles. The highest BCUT2D eigenvalue weighted by Gasteiger charge is 2.11. The fraction of sp³-hybridized carbons (Fsp3) is 0.333. The summed E-state index contributed by atoms with van der Waals surface area (Å²) in [4.78, 5) is 19.3. The van der Waals surface area contributed by atoms with Gasteiger partial charge in [-0.2, -0.15) is 0 Å². The molecule has 3 heteroatoms. The van der Waals surface area contributed by atoms with Gasteiger partial charge in [0.15, 0.2) is 0 Å². The third-order valence-electron chi connectivity index (χ3n) is 3.04. The number of nitrogens with one attached hydrogen (secondary N) is 1.